The standard InChI is InChI=1S/C22H18F4N4O2/c1-13(31)28-21(22(24,25)26)20(32)30(19(29-21)14-5-3-2-4-6-14)10-9-15-12-27-18-8-7-16(23)11-17(15)18/h2-8,11-12,27H,9-10H2,1H3,(H,28,31). The van der Waals surface area contributed by atoms with E-state index in [-0.39, 0.29) is 18.8 Å². The summed E-state index contributed by atoms with van der Waals surface area (Å²) in [7, 11) is 0. The number of aromatic amines is 1. The number of aliphatic imine (C=N–C) groups is 1. The lowest BCUT2D eigenvalue weighted by atomic mass is 10.1. The third kappa shape index (κ3) is 3.61. The summed E-state index contributed by atoms with van der Waals surface area (Å²) in [6.45, 7) is 0.731. The number of carbonyl (C=O) groups excluding carboxylic acids is 2. The number of aromatic nitrogens is 1. The second-order valence-electron chi connectivity index (χ2n) is 7.40. The molecule has 0 aliphatic carbocycles. The van der Waals surface area contributed by atoms with E-state index in [2.05, 4.69) is 9.98 Å². The second-order valence-corrected chi connectivity index (χ2v) is 7.40. The average molecular weight is 446 g/mol. The molecule has 2 heterocycles. The van der Waals surface area contributed by atoms with Crippen molar-refractivity contribution in [2.45, 2.75) is 25.2 Å². The molecule has 4 rings (SSSR count). The van der Waals surface area contributed by atoms with Crippen molar-refractivity contribution in [2.75, 3.05) is 6.54 Å². The van der Waals surface area contributed by atoms with Crippen LogP contribution in [0.25, 0.3) is 10.9 Å². The van der Waals surface area contributed by atoms with E-state index in [0.717, 1.165) is 11.8 Å². The van der Waals surface area contributed by atoms with Crippen molar-refractivity contribution in [3.05, 3.63) is 71.7 Å². The zero-order valence-corrected chi connectivity index (χ0v) is 16.8. The number of amides is 2. The molecule has 0 fully saturated rings. The van der Waals surface area contributed by atoms with Gasteiger partial charge in [0.05, 0.1) is 0 Å². The molecular formula is C22H18F4N4O2. The molecule has 32 heavy (non-hydrogen) atoms. The second kappa shape index (κ2) is 7.77. The number of nitrogens with zero attached hydrogens (tertiary/aromatic N) is 2. The minimum Gasteiger partial charge on any atom is -0.361 e. The molecule has 3 aromatic rings. The minimum absolute atomic E-state index is 0.134. The first-order chi connectivity index (χ1) is 15.1. The predicted octanol–water partition coefficient (Wildman–Crippen LogP) is 3.53. The number of carbonyl (C=O) groups is 2. The number of amidine groups is 1. The summed E-state index contributed by atoms with van der Waals surface area (Å²) in [6.07, 6.45) is -3.40. The summed E-state index contributed by atoms with van der Waals surface area (Å²) < 4.78 is 55.8. The molecule has 1 unspecified atom stereocenters. The van der Waals surface area contributed by atoms with Crippen LogP contribution in [0.2, 0.25) is 0 Å². The molecule has 1 aromatic heterocycles. The van der Waals surface area contributed by atoms with Crippen LogP contribution in [0.5, 0.6) is 0 Å². The van der Waals surface area contributed by atoms with E-state index in [0.29, 0.717) is 22.0 Å². The highest BCUT2D eigenvalue weighted by molar-refractivity contribution is 6.16. The lowest BCUT2D eigenvalue weighted by Gasteiger charge is -2.28. The number of hydrogen-bond acceptors (Lipinski definition) is 3. The topological polar surface area (TPSA) is 77.6 Å². The van der Waals surface area contributed by atoms with Crippen molar-refractivity contribution >= 4 is 28.6 Å². The van der Waals surface area contributed by atoms with Crippen molar-refractivity contribution in [1.29, 1.82) is 0 Å². The minimum atomic E-state index is -5.16. The van der Waals surface area contributed by atoms with Crippen LogP contribution in [0.4, 0.5) is 17.6 Å². The molecule has 166 valence electrons. The molecule has 0 spiro atoms. The quantitative estimate of drug-likeness (QED) is 0.589. The summed E-state index contributed by atoms with van der Waals surface area (Å²) in [4.78, 5) is 32.3. The van der Waals surface area contributed by atoms with Crippen LogP contribution < -0.4 is 5.32 Å². The van der Waals surface area contributed by atoms with E-state index < -0.39 is 29.5 Å². The van der Waals surface area contributed by atoms with Gasteiger partial charge in [-0.25, -0.2) is 9.38 Å². The first-order valence-corrected chi connectivity index (χ1v) is 9.70. The van der Waals surface area contributed by atoms with Crippen molar-refractivity contribution in [1.82, 2.24) is 15.2 Å². The van der Waals surface area contributed by atoms with E-state index in [1.165, 1.54) is 24.3 Å². The normalized spacial score (nSPS) is 18.8. The number of rotatable bonds is 5. The van der Waals surface area contributed by atoms with Gasteiger partial charge in [0.15, 0.2) is 0 Å². The van der Waals surface area contributed by atoms with Gasteiger partial charge in [0.1, 0.15) is 11.7 Å². The summed E-state index contributed by atoms with van der Waals surface area (Å²) >= 11 is 0. The van der Waals surface area contributed by atoms with Gasteiger partial charge in [-0.1, -0.05) is 30.3 Å². The fourth-order valence-electron chi connectivity index (χ4n) is 3.75. The molecule has 6 nitrogen and oxygen atoms in total. The average Bonchev–Trinajstić information content (AvgIpc) is 3.25. The maximum Gasteiger partial charge on any atom is 0.442 e. The largest absolute Gasteiger partial charge is 0.442 e. The third-order valence-electron chi connectivity index (χ3n) is 5.22. The number of nitrogens with one attached hydrogen (secondary N) is 2. The zero-order chi connectivity index (χ0) is 23.1. The monoisotopic (exact) mass is 446 g/mol. The molecule has 1 aliphatic rings. The molecule has 2 N–H and O–H groups in total. The number of benzene rings is 2. The van der Waals surface area contributed by atoms with Crippen molar-refractivity contribution in [3.8, 4) is 0 Å². The van der Waals surface area contributed by atoms with Crippen LogP contribution in [-0.2, 0) is 16.0 Å². The molecular weight excluding hydrogens is 428 g/mol. The maximum absolute atomic E-state index is 14.0. The first kappa shape index (κ1) is 21.5. The first-order valence-electron chi connectivity index (χ1n) is 9.70. The van der Waals surface area contributed by atoms with Gasteiger partial charge in [-0.2, -0.15) is 13.2 Å². The highest BCUT2D eigenvalue weighted by atomic mass is 19.4. The fourth-order valence-corrected chi connectivity index (χ4v) is 3.75. The smallest absolute Gasteiger partial charge is 0.361 e. The molecule has 2 amide bonds. The van der Waals surface area contributed by atoms with Gasteiger partial charge in [-0.3, -0.25) is 14.5 Å². The fraction of sp³-hybridized carbons (Fsp3) is 0.227. The molecule has 0 saturated heterocycles. The Labute approximate surface area is 179 Å². The van der Waals surface area contributed by atoms with Gasteiger partial charge in [0.25, 0.3) is 5.91 Å². The molecule has 0 radical (unpaired) electrons. The molecule has 1 atom stereocenters. The Bertz CT molecular complexity index is 1220. The molecule has 10 heteroatoms. The van der Waals surface area contributed by atoms with Crippen molar-refractivity contribution in [3.63, 3.8) is 0 Å². The highest BCUT2D eigenvalue weighted by Crippen LogP contribution is 2.38. The summed E-state index contributed by atoms with van der Waals surface area (Å²) in [5.41, 5.74) is -1.82. The van der Waals surface area contributed by atoms with Gasteiger partial charge in [0, 0.05) is 36.1 Å². The molecule has 1 aliphatic heterocycles. The Morgan fingerprint density at radius 3 is 2.56 bits per heavy atom. The predicted molar refractivity (Wildman–Crippen MR) is 109 cm³/mol. The Morgan fingerprint density at radius 1 is 1.19 bits per heavy atom. The van der Waals surface area contributed by atoms with Gasteiger partial charge in [-0.05, 0) is 30.2 Å². The van der Waals surface area contributed by atoms with E-state index >= 15 is 0 Å². The molecule has 2 aromatic carbocycles. The van der Waals surface area contributed by atoms with Crippen LogP contribution in [0.15, 0.2) is 59.7 Å². The Balaban J connectivity index is 1.74. The zero-order valence-electron chi connectivity index (χ0n) is 16.8. The summed E-state index contributed by atoms with van der Waals surface area (Å²) in [5.74, 6) is -3.09. The van der Waals surface area contributed by atoms with Gasteiger partial charge < -0.3 is 10.3 Å². The van der Waals surface area contributed by atoms with Crippen molar-refractivity contribution < 1.29 is 27.2 Å². The highest BCUT2D eigenvalue weighted by Gasteiger charge is 2.66. The third-order valence-corrected chi connectivity index (χ3v) is 5.22. The van der Waals surface area contributed by atoms with Crippen molar-refractivity contribution in [2.24, 2.45) is 4.99 Å². The number of hydrogen-bond donors (Lipinski definition) is 2. The SMILES string of the molecule is CC(=O)NC1(C(F)(F)F)N=C(c2ccccc2)N(CCc2c[nH]c3ccc(F)cc23)C1=O. The van der Waals surface area contributed by atoms with Crippen LogP contribution in [0.3, 0.4) is 0 Å². The van der Waals surface area contributed by atoms with Gasteiger partial charge in [-0.15, -0.1) is 0 Å². The van der Waals surface area contributed by atoms with Gasteiger partial charge >= 0.3 is 11.8 Å². The van der Waals surface area contributed by atoms with E-state index in [1.807, 2.05) is 0 Å². The number of alkyl halides is 3. The number of halogens is 4. The molecule has 0 bridgehead atoms. The lowest BCUT2D eigenvalue weighted by Crippen LogP contribution is -2.63. The van der Waals surface area contributed by atoms with Gasteiger partial charge in [0.2, 0.25) is 5.91 Å². The van der Waals surface area contributed by atoms with Crippen LogP contribution >= 0.6 is 0 Å². The lowest BCUT2D eigenvalue weighted by molar-refractivity contribution is -0.199. The Kier molecular flexibility index (Phi) is 5.23. The summed E-state index contributed by atoms with van der Waals surface area (Å²) in [6, 6.07) is 12.1. The number of H-pyrrole nitrogens is 1. The van der Waals surface area contributed by atoms with E-state index in [1.54, 1.807) is 35.8 Å². The van der Waals surface area contributed by atoms with E-state index in [9.17, 15) is 27.2 Å². The van der Waals surface area contributed by atoms with E-state index in [4.69, 9.17) is 0 Å². The Morgan fingerprint density at radius 2 is 1.91 bits per heavy atom. The van der Waals surface area contributed by atoms with Crippen LogP contribution in [0, 0.1) is 5.82 Å². The summed E-state index contributed by atoms with van der Waals surface area (Å²) in [5, 5.41) is 2.27. The van der Waals surface area contributed by atoms with Crippen LogP contribution in [-0.4, -0.2) is 45.9 Å². The molecule has 0 saturated carbocycles. The Hall–Kier alpha value is -3.69. The van der Waals surface area contributed by atoms with Crippen LogP contribution in [0.1, 0.15) is 18.1 Å². The number of fused-ring (bicyclic) bond motifs is 1. The maximum atomic E-state index is 14.0.